The van der Waals surface area contributed by atoms with Gasteiger partial charge in [0.15, 0.2) is 0 Å². The van der Waals surface area contributed by atoms with Gasteiger partial charge in [-0.2, -0.15) is 0 Å². The maximum absolute atomic E-state index is 10.7. The monoisotopic (exact) mass is 142 g/mol. The Balaban J connectivity index is 2.77. The minimum atomic E-state index is -0.210. The van der Waals surface area contributed by atoms with Gasteiger partial charge in [-0.1, -0.05) is 6.07 Å². The summed E-state index contributed by atoms with van der Waals surface area (Å²) in [5.41, 5.74) is 0. The number of esters is 1. The molecule has 1 aromatic heterocycles. The molecule has 9 heavy (non-hydrogen) atoms. The van der Waals surface area contributed by atoms with E-state index in [4.69, 9.17) is 0 Å². The third-order valence-corrected chi connectivity index (χ3v) is 2.04. The zero-order valence-corrected chi connectivity index (χ0v) is 6.05. The second kappa shape index (κ2) is 2.70. The van der Waals surface area contributed by atoms with Crippen molar-refractivity contribution < 1.29 is 9.53 Å². The molecule has 0 spiro atoms. The molecule has 0 aliphatic heterocycles. The molecule has 0 aromatic carbocycles. The van der Waals surface area contributed by atoms with Gasteiger partial charge in [0.25, 0.3) is 0 Å². The van der Waals surface area contributed by atoms with Gasteiger partial charge < -0.3 is 4.74 Å². The fourth-order valence-electron chi connectivity index (χ4n) is 0.567. The van der Waals surface area contributed by atoms with Crippen molar-refractivity contribution in [1.82, 2.24) is 0 Å². The van der Waals surface area contributed by atoms with Crippen molar-refractivity contribution in [2.45, 2.75) is 0 Å². The number of ether oxygens (including phenoxy) is 1. The highest BCUT2D eigenvalue weighted by atomic mass is 31.0. The van der Waals surface area contributed by atoms with Gasteiger partial charge in [0, 0.05) is 0 Å². The first-order valence-electron chi connectivity index (χ1n) is 2.56. The van der Waals surface area contributed by atoms with Gasteiger partial charge in [0.05, 0.1) is 12.4 Å². The van der Waals surface area contributed by atoms with E-state index in [1.165, 1.54) is 7.11 Å². The van der Waals surface area contributed by atoms with Crippen LogP contribution in [-0.4, -0.2) is 13.1 Å². The molecule has 0 aliphatic carbocycles. The SMILES string of the molecule is COC(=O)c1ccc[pH]1. The zero-order chi connectivity index (χ0) is 6.69. The molecular formula is C6H7O2P. The van der Waals surface area contributed by atoms with Crippen LogP contribution in [0.25, 0.3) is 0 Å². The van der Waals surface area contributed by atoms with Crippen molar-refractivity contribution in [3.05, 3.63) is 23.2 Å². The van der Waals surface area contributed by atoms with Crippen LogP contribution in [0.2, 0.25) is 0 Å². The normalized spacial score (nSPS) is 9.89. The molecule has 3 heteroatoms. The van der Waals surface area contributed by atoms with E-state index in [1.807, 2.05) is 11.9 Å². The summed E-state index contributed by atoms with van der Waals surface area (Å²) in [6, 6.07) is 3.65. The van der Waals surface area contributed by atoms with Gasteiger partial charge in [-0.3, -0.25) is 0 Å². The van der Waals surface area contributed by atoms with Gasteiger partial charge in [-0.05, 0) is 11.9 Å². The topological polar surface area (TPSA) is 26.3 Å². The van der Waals surface area contributed by atoms with Crippen molar-refractivity contribution in [1.29, 1.82) is 0 Å². The molecule has 1 unspecified atom stereocenters. The smallest absolute Gasteiger partial charge is 0.341 e. The highest BCUT2D eigenvalue weighted by Gasteiger charge is 2.01. The largest absolute Gasteiger partial charge is 0.465 e. The van der Waals surface area contributed by atoms with E-state index >= 15 is 0 Å². The molecule has 0 fully saturated rings. The Morgan fingerprint density at radius 1 is 1.78 bits per heavy atom. The summed E-state index contributed by atoms with van der Waals surface area (Å²) < 4.78 is 4.49. The van der Waals surface area contributed by atoms with Crippen LogP contribution in [0.4, 0.5) is 0 Å². The number of carbonyl (C=O) groups excluding carboxylic acids is 1. The van der Waals surface area contributed by atoms with Crippen molar-refractivity contribution in [3.63, 3.8) is 0 Å². The summed E-state index contributed by atoms with van der Waals surface area (Å²) in [4.78, 5) is 10.7. The maximum atomic E-state index is 10.7. The number of rotatable bonds is 1. The highest BCUT2D eigenvalue weighted by Crippen LogP contribution is 2.14. The predicted molar refractivity (Wildman–Crippen MR) is 37.3 cm³/mol. The Morgan fingerprint density at radius 3 is 3.00 bits per heavy atom. The molecule has 48 valence electrons. The Hall–Kier alpha value is -0.750. The molecule has 0 bridgehead atoms. The molecule has 0 saturated heterocycles. The van der Waals surface area contributed by atoms with E-state index in [0.29, 0.717) is 8.19 Å². The average molecular weight is 142 g/mol. The van der Waals surface area contributed by atoms with E-state index in [2.05, 4.69) is 4.74 Å². The van der Waals surface area contributed by atoms with Crippen LogP contribution in [0.3, 0.4) is 0 Å². The lowest BCUT2D eigenvalue weighted by Gasteiger charge is -1.91. The van der Waals surface area contributed by atoms with Gasteiger partial charge in [0.2, 0.25) is 0 Å². The van der Waals surface area contributed by atoms with Crippen LogP contribution in [0.5, 0.6) is 0 Å². The average Bonchev–Trinajstić information content (AvgIpc) is 2.37. The first kappa shape index (κ1) is 6.37. The van der Waals surface area contributed by atoms with Crippen molar-refractivity contribution in [2.75, 3.05) is 7.11 Å². The van der Waals surface area contributed by atoms with E-state index in [1.54, 1.807) is 6.07 Å². The minimum absolute atomic E-state index is 0.210. The molecule has 0 aliphatic rings. The third kappa shape index (κ3) is 1.33. The molecule has 0 saturated carbocycles. The van der Waals surface area contributed by atoms with Crippen molar-refractivity contribution in [2.24, 2.45) is 0 Å². The first-order valence-corrected chi connectivity index (χ1v) is 3.64. The molecule has 0 radical (unpaired) electrons. The molecule has 1 aromatic rings. The fraction of sp³-hybridized carbons (Fsp3) is 0.167. The molecule has 0 N–H and O–H groups in total. The van der Waals surface area contributed by atoms with E-state index < -0.39 is 0 Å². The van der Waals surface area contributed by atoms with Crippen LogP contribution < -0.4 is 0 Å². The van der Waals surface area contributed by atoms with E-state index in [9.17, 15) is 4.79 Å². The van der Waals surface area contributed by atoms with Crippen molar-refractivity contribution in [3.8, 4) is 0 Å². The molecular weight excluding hydrogens is 135 g/mol. The third-order valence-electron chi connectivity index (χ3n) is 1.00. The summed E-state index contributed by atoms with van der Waals surface area (Å²) in [6.45, 7) is 0. The number of carbonyl (C=O) groups is 1. The number of methoxy groups -OCH3 is 1. The Bertz CT molecular complexity index is 191. The number of hydrogen-bond donors (Lipinski definition) is 0. The molecule has 1 heterocycles. The Labute approximate surface area is 54.9 Å². The molecule has 0 amide bonds. The van der Waals surface area contributed by atoms with Crippen LogP contribution in [0, 0.1) is 0 Å². The van der Waals surface area contributed by atoms with Crippen LogP contribution >= 0.6 is 8.19 Å². The second-order valence-electron chi connectivity index (χ2n) is 1.58. The molecule has 2 nitrogen and oxygen atoms in total. The minimum Gasteiger partial charge on any atom is -0.465 e. The fourth-order valence-corrected chi connectivity index (χ4v) is 1.35. The predicted octanol–water partition coefficient (Wildman–Crippen LogP) is 1.50. The zero-order valence-electron chi connectivity index (χ0n) is 5.05. The van der Waals surface area contributed by atoms with Crippen LogP contribution in [0.1, 0.15) is 10.1 Å². The summed E-state index contributed by atoms with van der Waals surface area (Å²) in [6.07, 6.45) is 0. The standard InChI is InChI=1S/C6H7O2P/c1-8-6(7)5-3-2-4-9-5/h2-4,9H,1H3. The lowest BCUT2D eigenvalue weighted by atomic mass is 10.5. The molecule has 1 atom stereocenters. The Kier molecular flexibility index (Phi) is 1.91. The lowest BCUT2D eigenvalue weighted by molar-refractivity contribution is 0.0606. The summed E-state index contributed by atoms with van der Waals surface area (Å²) >= 11 is 0. The summed E-state index contributed by atoms with van der Waals surface area (Å²) in [5, 5.41) is 0.762. The Morgan fingerprint density at radius 2 is 2.56 bits per heavy atom. The van der Waals surface area contributed by atoms with E-state index in [0.717, 1.165) is 5.30 Å². The first-order chi connectivity index (χ1) is 4.34. The summed E-state index contributed by atoms with van der Waals surface area (Å²) in [7, 11) is 1.89. The summed E-state index contributed by atoms with van der Waals surface area (Å²) in [5.74, 6) is 1.74. The van der Waals surface area contributed by atoms with Crippen LogP contribution in [-0.2, 0) is 4.74 Å². The van der Waals surface area contributed by atoms with Gasteiger partial charge >= 0.3 is 5.97 Å². The van der Waals surface area contributed by atoms with Gasteiger partial charge in [-0.15, -0.1) is 8.19 Å². The van der Waals surface area contributed by atoms with E-state index in [-0.39, 0.29) is 5.97 Å². The van der Waals surface area contributed by atoms with Gasteiger partial charge in [-0.25, -0.2) is 4.79 Å². The lowest BCUT2D eigenvalue weighted by Crippen LogP contribution is -1.95. The quantitative estimate of drug-likeness (QED) is 0.555. The number of hydrogen-bond acceptors (Lipinski definition) is 2. The van der Waals surface area contributed by atoms with Crippen molar-refractivity contribution >= 4 is 14.2 Å². The highest BCUT2D eigenvalue weighted by molar-refractivity contribution is 7.31. The second-order valence-corrected chi connectivity index (χ2v) is 2.74. The van der Waals surface area contributed by atoms with Gasteiger partial charge in [0.1, 0.15) is 0 Å². The maximum Gasteiger partial charge on any atom is 0.341 e. The van der Waals surface area contributed by atoms with Crippen LogP contribution in [0.15, 0.2) is 17.9 Å². The molecule has 1 rings (SSSR count).